The highest BCUT2D eigenvalue weighted by Crippen LogP contribution is 2.76. The van der Waals surface area contributed by atoms with Crippen molar-refractivity contribution in [3.05, 3.63) is 23.8 Å². The van der Waals surface area contributed by atoms with Gasteiger partial charge in [0.15, 0.2) is 18.9 Å². The Balaban J connectivity index is 1.11. The molecule has 0 aromatic heterocycles. The summed E-state index contributed by atoms with van der Waals surface area (Å²) in [5.41, 5.74) is -1.22. The lowest BCUT2D eigenvalue weighted by Gasteiger charge is -2.71. The first-order chi connectivity index (χ1) is 33.2. The normalized spacial score (nSPS) is 49.5. The number of allylic oxidation sites excluding steroid dienone is 3. The van der Waals surface area contributed by atoms with Crippen molar-refractivity contribution < 1.29 is 94.1 Å². The van der Waals surface area contributed by atoms with E-state index in [1.807, 2.05) is 20.8 Å². The fourth-order valence-electron chi connectivity index (χ4n) is 15.2. The van der Waals surface area contributed by atoms with E-state index in [4.69, 9.17) is 33.2 Å². The number of carbonyl (C=O) groups excluding carboxylic acids is 1. The molecule has 1 unspecified atom stereocenters. The predicted molar refractivity (Wildman–Crippen MR) is 252 cm³/mol. The van der Waals surface area contributed by atoms with Gasteiger partial charge in [-0.05, 0) is 131 Å². The summed E-state index contributed by atoms with van der Waals surface area (Å²) in [5.74, 6) is -0.943. The lowest BCUT2D eigenvalue weighted by atomic mass is 9.35. The van der Waals surface area contributed by atoms with E-state index in [1.165, 1.54) is 6.08 Å². The number of aliphatic hydroxyl groups excluding tert-OH is 11. The highest BCUT2D eigenvalue weighted by atomic mass is 16.8. The van der Waals surface area contributed by atoms with E-state index in [1.54, 1.807) is 6.92 Å². The molecular formula is C52H86O19. The maximum atomic E-state index is 12.7. The zero-order valence-electron chi connectivity index (χ0n) is 43.0. The van der Waals surface area contributed by atoms with Crippen molar-refractivity contribution in [1.82, 2.24) is 0 Å². The van der Waals surface area contributed by atoms with E-state index in [9.17, 15) is 61.0 Å². The number of fused-ring (bicyclic) bond motifs is 5. The van der Waals surface area contributed by atoms with Gasteiger partial charge in [-0.15, -0.1) is 0 Å². The molecule has 3 saturated heterocycles. The van der Waals surface area contributed by atoms with Crippen LogP contribution in [0.2, 0.25) is 0 Å². The number of aliphatic hydroxyl groups is 11. The predicted octanol–water partition coefficient (Wildman–Crippen LogP) is 1.10. The first kappa shape index (κ1) is 57.0. The summed E-state index contributed by atoms with van der Waals surface area (Å²) in [5, 5.41) is 121. The van der Waals surface area contributed by atoms with Crippen molar-refractivity contribution >= 4 is 5.97 Å². The molecule has 3 heterocycles. The highest BCUT2D eigenvalue weighted by Gasteiger charge is 2.72. The Labute approximate surface area is 418 Å². The molecule has 19 heteroatoms. The third-order valence-electron chi connectivity index (χ3n) is 19.3. The third-order valence-corrected chi connectivity index (χ3v) is 19.3. The van der Waals surface area contributed by atoms with Gasteiger partial charge >= 0.3 is 5.97 Å². The van der Waals surface area contributed by atoms with Crippen molar-refractivity contribution in [1.29, 1.82) is 0 Å². The second-order valence-corrected chi connectivity index (χ2v) is 23.8. The average molecular weight is 1020 g/mol. The number of esters is 1. The Morgan fingerprint density at radius 3 is 1.87 bits per heavy atom. The van der Waals surface area contributed by atoms with Gasteiger partial charge in [0.1, 0.15) is 79.9 Å². The second-order valence-electron chi connectivity index (χ2n) is 23.8. The molecule has 7 aliphatic rings. The molecule has 7 rings (SSSR count). The average Bonchev–Trinajstić information content (AvgIpc) is 3.70. The summed E-state index contributed by atoms with van der Waals surface area (Å²) >= 11 is 0. The zero-order chi connectivity index (χ0) is 52.3. The lowest BCUT2D eigenvalue weighted by molar-refractivity contribution is -0.378. The molecule has 25 atom stereocenters. The number of hydrogen-bond donors (Lipinski definition) is 11. The topological polar surface area (TPSA) is 304 Å². The molecular weight excluding hydrogens is 929 g/mol. The van der Waals surface area contributed by atoms with Crippen LogP contribution in [0.3, 0.4) is 0 Å². The second kappa shape index (κ2) is 21.7. The van der Waals surface area contributed by atoms with Crippen LogP contribution in [0.25, 0.3) is 0 Å². The van der Waals surface area contributed by atoms with Gasteiger partial charge in [-0.1, -0.05) is 52.3 Å². The molecule has 11 N–H and O–H groups in total. The van der Waals surface area contributed by atoms with Crippen LogP contribution < -0.4 is 0 Å². The SMILES string of the molecule is C/C=C/C(=O)OC[C@H]1O[C@@H](O[C@H]2[C@H](O[C@H]3CC[C@@]4(C)C(CC[C@]5(C)[C@@H]4C[C@@H](O)[C@@H]4[C@@H]([C@](C)(CCC=C(C)C)O[C@@H]6O[C@H](CO)[C@@H](O)[C@H](O)[C@H]6O)CC[C@]45C)C3(C)C)O[C@H](CO)[C@@H](O)[C@@H]2O)[C@H](O)[C@@H](O)[C@@H]1O. The molecule has 7 fully saturated rings. The van der Waals surface area contributed by atoms with Crippen molar-refractivity contribution in [2.45, 2.75) is 230 Å². The lowest BCUT2D eigenvalue weighted by Crippen LogP contribution is -2.68. The Hall–Kier alpha value is -1.73. The molecule has 3 aliphatic heterocycles. The number of carbonyl (C=O) groups is 1. The maximum absolute atomic E-state index is 12.7. The van der Waals surface area contributed by atoms with Gasteiger partial charge in [0, 0.05) is 6.08 Å². The Morgan fingerprint density at radius 2 is 1.25 bits per heavy atom. The number of hydrogen-bond acceptors (Lipinski definition) is 19. The molecule has 0 spiro atoms. The summed E-state index contributed by atoms with van der Waals surface area (Å²) in [6.07, 6.45) is -13.4. The van der Waals surface area contributed by atoms with E-state index in [0.717, 1.165) is 37.3 Å². The van der Waals surface area contributed by atoms with E-state index < -0.39 is 141 Å². The Morgan fingerprint density at radius 1 is 0.676 bits per heavy atom. The van der Waals surface area contributed by atoms with E-state index in [2.05, 4.69) is 40.7 Å². The molecule has 71 heavy (non-hydrogen) atoms. The molecule has 0 radical (unpaired) electrons. The van der Waals surface area contributed by atoms with Crippen LogP contribution in [0.5, 0.6) is 0 Å². The third kappa shape index (κ3) is 10.2. The van der Waals surface area contributed by atoms with Crippen LogP contribution >= 0.6 is 0 Å². The van der Waals surface area contributed by atoms with Crippen LogP contribution in [0, 0.1) is 45.3 Å². The Kier molecular flexibility index (Phi) is 17.4. The minimum absolute atomic E-state index is 0.0681. The summed E-state index contributed by atoms with van der Waals surface area (Å²) < 4.78 is 42.8. The Bertz CT molecular complexity index is 1880. The van der Waals surface area contributed by atoms with Gasteiger partial charge in [0.2, 0.25) is 0 Å². The molecule has 0 amide bonds. The maximum Gasteiger partial charge on any atom is 0.330 e. The van der Waals surface area contributed by atoms with E-state index >= 15 is 0 Å². The first-order valence-corrected chi connectivity index (χ1v) is 26.0. The first-order valence-electron chi connectivity index (χ1n) is 26.0. The molecule has 4 saturated carbocycles. The fraction of sp³-hybridized carbons (Fsp3) is 0.904. The summed E-state index contributed by atoms with van der Waals surface area (Å²) in [6, 6.07) is 0. The monoisotopic (exact) mass is 1010 g/mol. The van der Waals surface area contributed by atoms with Crippen molar-refractivity contribution in [3.63, 3.8) is 0 Å². The quantitative estimate of drug-likeness (QED) is 0.0474. The molecule has 0 aromatic rings. The van der Waals surface area contributed by atoms with Gasteiger partial charge in [-0.2, -0.15) is 0 Å². The van der Waals surface area contributed by atoms with E-state index in [0.29, 0.717) is 32.1 Å². The van der Waals surface area contributed by atoms with Crippen molar-refractivity contribution in [2.24, 2.45) is 45.3 Å². The fourth-order valence-corrected chi connectivity index (χ4v) is 15.2. The van der Waals surface area contributed by atoms with Crippen LogP contribution in [0.1, 0.15) is 120 Å². The zero-order valence-corrected chi connectivity index (χ0v) is 43.0. The summed E-state index contributed by atoms with van der Waals surface area (Å²) in [7, 11) is 0. The van der Waals surface area contributed by atoms with Gasteiger partial charge in [-0.3, -0.25) is 0 Å². The minimum Gasteiger partial charge on any atom is -0.460 e. The van der Waals surface area contributed by atoms with Crippen LogP contribution in [-0.4, -0.2) is 192 Å². The standard InChI is InChI=1S/C52H86O19/c1-10-12-34(56)65-24-30-38(59)40(61)42(63)45(68-30)70-44-41(62)37(58)29(23-54)67-47(44)69-33-16-18-49(6)31(48(33,4)5)15-20-50(7)32(49)21-27(55)35-26(14-19-51(35,50)8)52(9,17-11-13-25(2)3)71-46-43(64)39(60)36(57)28(22-53)66-46/h10,12-13,26-33,35-47,53-55,57-64H,11,14-24H2,1-9H3/b12-10+/t26-,27+,28+,29+,30+,31?,32+,33-,35-,36+,37+,38+,39-,40-,41-,42+,43+,44+,45-,46-,47-,49-,50+,51+,52-/m0/s1. The molecule has 19 nitrogen and oxygen atoms in total. The van der Waals surface area contributed by atoms with E-state index in [-0.39, 0.29) is 39.9 Å². The van der Waals surface area contributed by atoms with Gasteiger partial charge in [0.25, 0.3) is 0 Å². The molecule has 0 aromatic carbocycles. The van der Waals surface area contributed by atoms with Crippen LogP contribution in [0.4, 0.5) is 0 Å². The smallest absolute Gasteiger partial charge is 0.330 e. The van der Waals surface area contributed by atoms with Crippen LogP contribution in [-0.2, 0) is 38.0 Å². The summed E-state index contributed by atoms with van der Waals surface area (Å²) in [4.78, 5) is 12.1. The minimum atomic E-state index is -1.84. The molecule has 4 aliphatic carbocycles. The number of rotatable bonds is 15. The van der Waals surface area contributed by atoms with Crippen LogP contribution in [0.15, 0.2) is 23.8 Å². The van der Waals surface area contributed by atoms with Crippen molar-refractivity contribution in [2.75, 3.05) is 19.8 Å². The van der Waals surface area contributed by atoms with Gasteiger partial charge in [-0.25, -0.2) is 4.79 Å². The van der Waals surface area contributed by atoms with Crippen molar-refractivity contribution in [3.8, 4) is 0 Å². The van der Waals surface area contributed by atoms with Gasteiger partial charge < -0.3 is 89.3 Å². The highest BCUT2D eigenvalue weighted by molar-refractivity contribution is 5.81. The summed E-state index contributed by atoms with van der Waals surface area (Å²) in [6.45, 7) is 17.3. The number of ether oxygens (including phenoxy) is 7. The molecule has 0 bridgehead atoms. The van der Waals surface area contributed by atoms with Gasteiger partial charge in [0.05, 0.1) is 31.0 Å². The molecule has 408 valence electrons. The largest absolute Gasteiger partial charge is 0.460 e.